The van der Waals surface area contributed by atoms with Crippen LogP contribution in [0.4, 0.5) is 0 Å². The quantitative estimate of drug-likeness (QED) is 0.534. The molecule has 1 fully saturated rings. The molecule has 1 heterocycles. The van der Waals surface area contributed by atoms with Gasteiger partial charge in [-0.3, -0.25) is 9.59 Å². The molecule has 0 unspecified atom stereocenters. The molecule has 8 heteroatoms. The predicted octanol–water partition coefficient (Wildman–Crippen LogP) is -0.630. The molecular formula is C14H20N2O6. The van der Waals surface area contributed by atoms with E-state index in [9.17, 15) is 19.2 Å². The fraction of sp³-hybridized carbons (Fsp3) is 0.571. The van der Waals surface area contributed by atoms with Crippen LogP contribution < -0.4 is 5.73 Å². The third-order valence-corrected chi connectivity index (χ3v) is 3.21. The van der Waals surface area contributed by atoms with Crippen molar-refractivity contribution < 1.29 is 28.7 Å². The van der Waals surface area contributed by atoms with E-state index >= 15 is 0 Å². The van der Waals surface area contributed by atoms with Crippen LogP contribution in [0.5, 0.6) is 0 Å². The first kappa shape index (κ1) is 17.7. The number of ether oxygens (including phenoxy) is 2. The number of carbonyl (C=O) groups is 4. The smallest absolute Gasteiger partial charge is 0.331 e. The van der Waals surface area contributed by atoms with Gasteiger partial charge in [0.25, 0.3) is 0 Å². The van der Waals surface area contributed by atoms with E-state index in [1.165, 1.54) is 12.0 Å². The Morgan fingerprint density at radius 3 is 2.27 bits per heavy atom. The van der Waals surface area contributed by atoms with Gasteiger partial charge in [0.2, 0.25) is 11.8 Å². The van der Waals surface area contributed by atoms with Gasteiger partial charge >= 0.3 is 11.9 Å². The summed E-state index contributed by atoms with van der Waals surface area (Å²) in [5.41, 5.74) is 5.29. The molecule has 1 aliphatic rings. The van der Waals surface area contributed by atoms with Crippen molar-refractivity contribution in [3.63, 3.8) is 0 Å². The molecule has 0 aromatic heterocycles. The molecule has 2 N–H and O–H groups in total. The normalized spacial score (nSPS) is 21.2. The first-order chi connectivity index (χ1) is 10.3. The van der Waals surface area contributed by atoms with Gasteiger partial charge in [0.1, 0.15) is 12.1 Å². The van der Waals surface area contributed by atoms with Crippen LogP contribution in [0, 0.1) is 5.92 Å². The number of carbonyl (C=O) groups excluding carboxylic acids is 4. The second-order valence-electron chi connectivity index (χ2n) is 5.21. The zero-order valence-electron chi connectivity index (χ0n) is 12.8. The number of amides is 2. The van der Waals surface area contributed by atoms with E-state index in [-0.39, 0.29) is 24.8 Å². The van der Waals surface area contributed by atoms with Gasteiger partial charge in [0.15, 0.2) is 0 Å². The predicted molar refractivity (Wildman–Crippen MR) is 75.2 cm³/mol. The lowest BCUT2D eigenvalue weighted by Gasteiger charge is -2.23. The van der Waals surface area contributed by atoms with E-state index in [1.54, 1.807) is 13.8 Å². The Bertz CT molecular complexity index is 500. The highest BCUT2D eigenvalue weighted by Crippen LogP contribution is 2.22. The van der Waals surface area contributed by atoms with Crippen molar-refractivity contribution in [3.8, 4) is 0 Å². The lowest BCUT2D eigenvalue weighted by atomic mass is 10.1. The maximum atomic E-state index is 12.0. The largest absolute Gasteiger partial charge is 0.466 e. The number of esters is 2. The second kappa shape index (κ2) is 7.58. The van der Waals surface area contributed by atoms with Gasteiger partial charge in [-0.2, -0.15) is 0 Å². The number of rotatable bonds is 5. The van der Waals surface area contributed by atoms with E-state index in [0.29, 0.717) is 0 Å². The highest BCUT2D eigenvalue weighted by atomic mass is 16.5. The summed E-state index contributed by atoms with van der Waals surface area (Å²) in [6.45, 7) is 3.51. The van der Waals surface area contributed by atoms with Crippen LogP contribution in [0.3, 0.4) is 0 Å². The molecule has 1 rings (SSSR count). The molecule has 0 radical (unpaired) electrons. The molecule has 0 aliphatic carbocycles. The van der Waals surface area contributed by atoms with Gasteiger partial charge in [-0.1, -0.05) is 13.8 Å². The zero-order valence-corrected chi connectivity index (χ0v) is 12.8. The molecule has 0 aromatic rings. The summed E-state index contributed by atoms with van der Waals surface area (Å²) < 4.78 is 9.46. The Balaban J connectivity index is 2.69. The topological polar surface area (TPSA) is 116 Å². The summed E-state index contributed by atoms with van der Waals surface area (Å²) in [4.78, 5) is 47.3. The average molecular weight is 312 g/mol. The molecule has 1 saturated heterocycles. The van der Waals surface area contributed by atoms with Crippen LogP contribution in [0.1, 0.15) is 20.3 Å². The number of hydrogen-bond acceptors (Lipinski definition) is 6. The molecule has 22 heavy (non-hydrogen) atoms. The highest BCUT2D eigenvalue weighted by molar-refractivity contribution is 5.92. The van der Waals surface area contributed by atoms with E-state index in [4.69, 9.17) is 10.5 Å². The number of nitrogens with zero attached hydrogens (tertiary/aromatic N) is 1. The van der Waals surface area contributed by atoms with Gasteiger partial charge in [0.05, 0.1) is 13.7 Å². The highest BCUT2D eigenvalue weighted by Gasteiger charge is 2.40. The minimum absolute atomic E-state index is 0.0996. The lowest BCUT2D eigenvalue weighted by molar-refractivity contribution is -0.144. The maximum absolute atomic E-state index is 12.0. The molecule has 2 atom stereocenters. The molecule has 0 spiro atoms. The summed E-state index contributed by atoms with van der Waals surface area (Å²) in [6, 6.07) is -0.794. The van der Waals surface area contributed by atoms with Crippen LogP contribution in [0.25, 0.3) is 0 Å². The number of methoxy groups -OCH3 is 1. The summed E-state index contributed by atoms with van der Waals surface area (Å²) in [7, 11) is 1.18. The molecule has 0 saturated carbocycles. The van der Waals surface area contributed by atoms with Crippen molar-refractivity contribution in [1.82, 2.24) is 4.90 Å². The number of nitrogens with two attached hydrogens (primary N) is 1. The Kier molecular flexibility index (Phi) is 6.09. The van der Waals surface area contributed by atoms with Gasteiger partial charge < -0.3 is 20.1 Å². The Hall–Kier alpha value is -2.38. The van der Waals surface area contributed by atoms with Gasteiger partial charge in [0, 0.05) is 24.5 Å². The summed E-state index contributed by atoms with van der Waals surface area (Å²) in [5, 5.41) is 0. The number of primary amides is 1. The van der Waals surface area contributed by atoms with E-state index in [1.807, 2.05) is 0 Å². The molecule has 8 nitrogen and oxygen atoms in total. The van der Waals surface area contributed by atoms with Gasteiger partial charge in [-0.05, 0) is 0 Å². The fourth-order valence-electron chi connectivity index (χ4n) is 2.14. The van der Waals surface area contributed by atoms with Crippen molar-refractivity contribution >= 4 is 23.8 Å². The minimum Gasteiger partial charge on any atom is -0.466 e. The fourth-order valence-corrected chi connectivity index (χ4v) is 2.14. The summed E-state index contributed by atoms with van der Waals surface area (Å²) >= 11 is 0. The third-order valence-electron chi connectivity index (χ3n) is 3.21. The first-order valence-electron chi connectivity index (χ1n) is 6.82. The van der Waals surface area contributed by atoms with Crippen molar-refractivity contribution in [2.45, 2.75) is 32.4 Å². The van der Waals surface area contributed by atoms with Crippen molar-refractivity contribution in [2.75, 3.05) is 13.7 Å². The van der Waals surface area contributed by atoms with Crippen molar-refractivity contribution in [2.24, 2.45) is 11.7 Å². The average Bonchev–Trinajstić information content (AvgIpc) is 2.87. The molecule has 0 aromatic carbocycles. The Morgan fingerprint density at radius 1 is 1.18 bits per heavy atom. The van der Waals surface area contributed by atoms with Gasteiger partial charge in [-0.15, -0.1) is 0 Å². The summed E-state index contributed by atoms with van der Waals surface area (Å²) in [6.07, 6.45) is 1.36. The molecule has 1 aliphatic heterocycles. The van der Waals surface area contributed by atoms with E-state index < -0.39 is 30.0 Å². The van der Waals surface area contributed by atoms with Crippen LogP contribution >= 0.6 is 0 Å². The Morgan fingerprint density at radius 2 is 1.77 bits per heavy atom. The van der Waals surface area contributed by atoms with Crippen LogP contribution in [0.2, 0.25) is 0 Å². The molecule has 2 amide bonds. The number of hydrogen-bond donors (Lipinski definition) is 1. The van der Waals surface area contributed by atoms with E-state index in [0.717, 1.165) is 12.2 Å². The van der Waals surface area contributed by atoms with Gasteiger partial charge in [-0.25, -0.2) is 9.59 Å². The SMILES string of the molecule is COC(=O)/C=C/C(=O)O[C@@H]1C[C@@H](C(N)=O)N(C(=O)C(C)C)C1. The lowest BCUT2D eigenvalue weighted by Crippen LogP contribution is -2.45. The summed E-state index contributed by atoms with van der Waals surface area (Å²) in [5.74, 6) is -2.60. The Labute approximate surface area is 128 Å². The van der Waals surface area contributed by atoms with Crippen LogP contribution in [-0.4, -0.2) is 54.5 Å². The number of likely N-dealkylation sites (tertiary alicyclic amines) is 1. The zero-order chi connectivity index (χ0) is 16.9. The molecule has 0 bridgehead atoms. The first-order valence-corrected chi connectivity index (χ1v) is 6.82. The minimum atomic E-state index is -0.794. The third kappa shape index (κ3) is 4.57. The van der Waals surface area contributed by atoms with E-state index in [2.05, 4.69) is 4.74 Å². The maximum Gasteiger partial charge on any atom is 0.331 e. The van der Waals surface area contributed by atoms with Crippen molar-refractivity contribution in [3.05, 3.63) is 12.2 Å². The standard InChI is InChI=1S/C14H20N2O6/c1-8(2)14(20)16-7-9(6-10(16)13(15)19)22-12(18)5-4-11(17)21-3/h4-5,8-10H,6-7H2,1-3H3,(H2,15,19)/b5-4+/t9-,10+/m1/s1. The van der Waals surface area contributed by atoms with Crippen molar-refractivity contribution in [1.29, 1.82) is 0 Å². The van der Waals surface area contributed by atoms with Crippen LogP contribution in [-0.2, 0) is 28.7 Å². The molecule has 122 valence electrons. The van der Waals surface area contributed by atoms with Crippen LogP contribution in [0.15, 0.2) is 12.2 Å². The monoisotopic (exact) mass is 312 g/mol. The molecular weight excluding hydrogens is 292 g/mol. The second-order valence-corrected chi connectivity index (χ2v) is 5.21.